The first-order valence-electron chi connectivity index (χ1n) is 5.04. The van der Waals surface area contributed by atoms with Crippen LogP contribution in [0, 0.1) is 0 Å². The first-order chi connectivity index (χ1) is 8.23. The normalized spacial score (nSPS) is 12.9. The van der Waals surface area contributed by atoms with Gasteiger partial charge in [0.2, 0.25) is 10.0 Å². The van der Waals surface area contributed by atoms with Crippen LogP contribution in [0.5, 0.6) is 0 Å². The zero-order chi connectivity index (χ0) is 14.0. The molecule has 0 aliphatic rings. The fourth-order valence-corrected chi connectivity index (χ4v) is 4.68. The molecule has 0 aromatic heterocycles. The van der Waals surface area contributed by atoms with Crippen molar-refractivity contribution in [3.05, 3.63) is 24.3 Å². The number of benzene rings is 1. The number of nitrogens with zero attached hydrogens (tertiary/aromatic N) is 1. The van der Waals surface area contributed by atoms with Gasteiger partial charge in [0.1, 0.15) is 4.90 Å². The van der Waals surface area contributed by atoms with Crippen molar-refractivity contribution in [2.24, 2.45) is 0 Å². The molecule has 102 valence electrons. The van der Waals surface area contributed by atoms with Crippen molar-refractivity contribution >= 4 is 31.5 Å². The summed E-state index contributed by atoms with van der Waals surface area (Å²) in [5, 5.41) is 0. The van der Waals surface area contributed by atoms with Gasteiger partial charge in [0.15, 0.2) is 9.84 Å². The first kappa shape index (κ1) is 15.4. The predicted octanol–water partition coefficient (Wildman–Crippen LogP) is 0.949. The van der Waals surface area contributed by atoms with Crippen molar-refractivity contribution in [3.63, 3.8) is 0 Å². The second kappa shape index (κ2) is 5.56. The Labute approximate surface area is 112 Å². The summed E-state index contributed by atoms with van der Waals surface area (Å²) in [6.07, 6.45) is 0. The minimum atomic E-state index is -3.80. The molecule has 0 heterocycles. The number of rotatable bonds is 5. The molecule has 5 nitrogen and oxygen atoms in total. The highest BCUT2D eigenvalue weighted by Crippen LogP contribution is 2.23. The monoisotopic (exact) mass is 311 g/mol. The molecular formula is C10H14ClNO4S2. The third-order valence-corrected chi connectivity index (χ3v) is 6.47. The maximum absolute atomic E-state index is 12.0. The maximum atomic E-state index is 12.0. The summed E-state index contributed by atoms with van der Waals surface area (Å²) in [4.78, 5) is -0.431. The molecule has 0 aliphatic heterocycles. The van der Waals surface area contributed by atoms with E-state index in [9.17, 15) is 16.8 Å². The molecule has 1 rings (SSSR count). The summed E-state index contributed by atoms with van der Waals surface area (Å²) in [7, 11) is -4.80. The van der Waals surface area contributed by atoms with E-state index in [0.29, 0.717) is 0 Å². The average molecular weight is 312 g/mol. The fourth-order valence-electron chi connectivity index (χ4n) is 1.33. The SMILES string of the molecule is CN(C)S(=O)(=O)c1ccccc1S(=O)(=O)CCCl. The third-order valence-electron chi connectivity index (χ3n) is 2.29. The molecule has 0 aliphatic carbocycles. The molecular weight excluding hydrogens is 298 g/mol. The van der Waals surface area contributed by atoms with E-state index < -0.39 is 19.9 Å². The molecule has 0 amide bonds. The summed E-state index contributed by atoms with van der Waals surface area (Å²) in [6.45, 7) is 0. The highest BCUT2D eigenvalue weighted by molar-refractivity contribution is 7.93. The molecule has 0 unspecified atom stereocenters. The van der Waals surface area contributed by atoms with Crippen LogP contribution in [0.4, 0.5) is 0 Å². The molecule has 1 aromatic rings. The van der Waals surface area contributed by atoms with Crippen LogP contribution in [0.3, 0.4) is 0 Å². The van der Waals surface area contributed by atoms with Gasteiger partial charge in [0.05, 0.1) is 10.6 Å². The van der Waals surface area contributed by atoms with Crippen LogP contribution >= 0.6 is 11.6 Å². The number of hydrogen-bond donors (Lipinski definition) is 0. The van der Waals surface area contributed by atoms with Gasteiger partial charge in [0, 0.05) is 20.0 Å². The van der Waals surface area contributed by atoms with Gasteiger partial charge in [-0.15, -0.1) is 11.6 Å². The number of sulfonamides is 1. The minimum absolute atomic E-state index is 0.0846. The van der Waals surface area contributed by atoms with E-state index in [2.05, 4.69) is 0 Å². The van der Waals surface area contributed by atoms with Gasteiger partial charge in [-0.25, -0.2) is 21.1 Å². The first-order valence-corrected chi connectivity index (χ1v) is 8.66. The Morgan fingerprint density at radius 1 is 1.06 bits per heavy atom. The Kier molecular flexibility index (Phi) is 4.77. The summed E-state index contributed by atoms with van der Waals surface area (Å²) in [5.74, 6) is -0.382. The summed E-state index contributed by atoms with van der Waals surface area (Å²) in [6, 6.07) is 5.51. The average Bonchev–Trinajstić information content (AvgIpc) is 2.28. The van der Waals surface area contributed by atoms with Gasteiger partial charge in [-0.2, -0.15) is 0 Å². The highest BCUT2D eigenvalue weighted by Gasteiger charge is 2.27. The van der Waals surface area contributed by atoms with Gasteiger partial charge < -0.3 is 0 Å². The van der Waals surface area contributed by atoms with Crippen LogP contribution in [0.2, 0.25) is 0 Å². The van der Waals surface area contributed by atoms with E-state index in [-0.39, 0.29) is 21.4 Å². The van der Waals surface area contributed by atoms with E-state index in [0.717, 1.165) is 4.31 Å². The van der Waals surface area contributed by atoms with Crippen molar-refractivity contribution in [1.29, 1.82) is 0 Å². The molecule has 0 atom stereocenters. The lowest BCUT2D eigenvalue weighted by Gasteiger charge is -2.14. The van der Waals surface area contributed by atoms with Crippen LogP contribution in [0.25, 0.3) is 0 Å². The zero-order valence-electron chi connectivity index (χ0n) is 10.00. The maximum Gasteiger partial charge on any atom is 0.243 e. The number of sulfone groups is 1. The molecule has 0 radical (unpaired) electrons. The van der Waals surface area contributed by atoms with E-state index in [1.807, 2.05) is 0 Å². The molecule has 0 fully saturated rings. The summed E-state index contributed by atoms with van der Waals surface area (Å²) >= 11 is 5.43. The predicted molar refractivity (Wildman–Crippen MR) is 70.1 cm³/mol. The molecule has 0 saturated carbocycles. The quantitative estimate of drug-likeness (QED) is 0.759. The van der Waals surface area contributed by atoms with E-state index in [1.165, 1.54) is 38.4 Å². The van der Waals surface area contributed by atoms with Crippen LogP contribution < -0.4 is 0 Å². The van der Waals surface area contributed by atoms with E-state index in [1.54, 1.807) is 0 Å². The molecule has 0 saturated heterocycles. The Balaban J connectivity index is 3.52. The van der Waals surface area contributed by atoms with Crippen LogP contribution in [0.15, 0.2) is 34.1 Å². The number of halogens is 1. The van der Waals surface area contributed by atoms with Gasteiger partial charge in [-0.05, 0) is 12.1 Å². The highest BCUT2D eigenvalue weighted by atomic mass is 35.5. The van der Waals surface area contributed by atoms with Crippen LogP contribution in [-0.2, 0) is 19.9 Å². The second-order valence-corrected chi connectivity index (χ2v) is 8.32. The molecule has 0 spiro atoms. The van der Waals surface area contributed by atoms with Crippen LogP contribution in [0.1, 0.15) is 0 Å². The number of alkyl halides is 1. The van der Waals surface area contributed by atoms with Crippen molar-refractivity contribution in [2.75, 3.05) is 25.7 Å². The lowest BCUT2D eigenvalue weighted by atomic mass is 10.4. The minimum Gasteiger partial charge on any atom is -0.224 e. The third kappa shape index (κ3) is 3.03. The van der Waals surface area contributed by atoms with Crippen molar-refractivity contribution in [2.45, 2.75) is 9.79 Å². The summed E-state index contributed by atoms with van der Waals surface area (Å²) in [5.41, 5.74) is 0. The lowest BCUT2D eigenvalue weighted by Crippen LogP contribution is -2.24. The Morgan fingerprint density at radius 2 is 1.56 bits per heavy atom. The van der Waals surface area contributed by atoms with Crippen LogP contribution in [-0.4, -0.2) is 46.9 Å². The topological polar surface area (TPSA) is 71.5 Å². The zero-order valence-corrected chi connectivity index (χ0v) is 12.4. The fraction of sp³-hybridized carbons (Fsp3) is 0.400. The van der Waals surface area contributed by atoms with Gasteiger partial charge in [-0.1, -0.05) is 12.1 Å². The molecule has 8 heteroatoms. The van der Waals surface area contributed by atoms with Crippen molar-refractivity contribution in [1.82, 2.24) is 4.31 Å². The smallest absolute Gasteiger partial charge is 0.224 e. The van der Waals surface area contributed by atoms with Crippen molar-refractivity contribution in [3.8, 4) is 0 Å². The Morgan fingerprint density at radius 3 is 2.00 bits per heavy atom. The molecule has 1 aromatic carbocycles. The van der Waals surface area contributed by atoms with Crippen molar-refractivity contribution < 1.29 is 16.8 Å². The largest absolute Gasteiger partial charge is 0.243 e. The lowest BCUT2D eigenvalue weighted by molar-refractivity contribution is 0.517. The van der Waals surface area contributed by atoms with E-state index >= 15 is 0 Å². The summed E-state index contributed by atoms with van der Waals surface area (Å²) < 4.78 is 48.9. The molecule has 0 N–H and O–H groups in total. The Hall–Kier alpha value is -0.630. The van der Waals surface area contributed by atoms with Gasteiger partial charge in [-0.3, -0.25) is 0 Å². The second-order valence-electron chi connectivity index (χ2n) is 3.74. The Bertz CT molecular complexity index is 623. The molecule has 0 bridgehead atoms. The van der Waals surface area contributed by atoms with Gasteiger partial charge in [0.25, 0.3) is 0 Å². The standard InChI is InChI=1S/C10H14ClNO4S2/c1-12(2)18(15,16)10-6-4-3-5-9(10)17(13,14)8-7-11/h3-6H,7-8H2,1-2H3. The van der Waals surface area contributed by atoms with E-state index in [4.69, 9.17) is 11.6 Å². The molecule has 18 heavy (non-hydrogen) atoms. The number of hydrogen-bond acceptors (Lipinski definition) is 4. The van der Waals surface area contributed by atoms with Gasteiger partial charge >= 0.3 is 0 Å².